The molecule has 0 radical (unpaired) electrons. The highest BCUT2D eigenvalue weighted by molar-refractivity contribution is 9.10. The fraction of sp³-hybridized carbons (Fsp3) is 0.0571. The van der Waals surface area contributed by atoms with Gasteiger partial charge >= 0.3 is 0 Å². The molecule has 0 saturated heterocycles. The van der Waals surface area contributed by atoms with Gasteiger partial charge in [-0.15, -0.1) is 0 Å². The zero-order valence-corrected chi connectivity index (χ0v) is 25.7. The van der Waals surface area contributed by atoms with Gasteiger partial charge in [0.2, 0.25) is 5.82 Å². The van der Waals surface area contributed by atoms with Crippen LogP contribution in [0.4, 0.5) is 0 Å². The van der Waals surface area contributed by atoms with Gasteiger partial charge in [0.1, 0.15) is 12.2 Å². The number of hydrogen-bond donors (Lipinski definition) is 0. The molecule has 2 aromatic heterocycles. The smallest absolute Gasteiger partial charge is 0.282 e. The zero-order valence-electron chi connectivity index (χ0n) is 23.3. The molecule has 0 aliphatic heterocycles. The molecule has 0 N–H and O–H groups in total. The third-order valence-electron chi connectivity index (χ3n) is 7.29. The van der Waals surface area contributed by atoms with Crippen LogP contribution in [-0.2, 0) is 6.61 Å². The highest BCUT2D eigenvalue weighted by Crippen LogP contribution is 2.35. The van der Waals surface area contributed by atoms with Gasteiger partial charge in [-0.1, -0.05) is 82.1 Å². The van der Waals surface area contributed by atoms with Crippen molar-refractivity contribution in [1.82, 2.24) is 9.66 Å². The van der Waals surface area contributed by atoms with E-state index >= 15 is 0 Å². The average Bonchev–Trinajstić information content (AvgIpc) is 3.46. The summed E-state index contributed by atoms with van der Waals surface area (Å²) in [6.07, 6.45) is 1.52. The molecule has 7 nitrogen and oxygen atoms in total. The summed E-state index contributed by atoms with van der Waals surface area (Å²) in [6.45, 7) is 0.275. The first kappa shape index (κ1) is 27.9. The summed E-state index contributed by atoms with van der Waals surface area (Å²) in [5, 5.41) is 8.54. The molecule has 9 heteroatoms. The molecule has 0 amide bonds. The van der Waals surface area contributed by atoms with Crippen LogP contribution in [0.25, 0.3) is 44.2 Å². The van der Waals surface area contributed by atoms with Crippen LogP contribution in [-0.4, -0.2) is 23.0 Å². The highest BCUT2D eigenvalue weighted by Gasteiger charge is 2.18. The third-order valence-corrected chi connectivity index (χ3v) is 8.00. The number of benzene rings is 5. The predicted molar refractivity (Wildman–Crippen MR) is 178 cm³/mol. The largest absolute Gasteiger partial charge is 0.493 e. The van der Waals surface area contributed by atoms with Crippen molar-refractivity contribution in [3.05, 3.63) is 134 Å². The fourth-order valence-corrected chi connectivity index (χ4v) is 5.79. The Morgan fingerprint density at radius 3 is 2.59 bits per heavy atom. The van der Waals surface area contributed by atoms with Gasteiger partial charge in [-0.25, -0.2) is 4.98 Å². The summed E-state index contributed by atoms with van der Waals surface area (Å²) in [6, 6.07) is 32.3. The van der Waals surface area contributed by atoms with E-state index in [2.05, 4.69) is 39.2 Å². The van der Waals surface area contributed by atoms with Gasteiger partial charge in [-0.3, -0.25) is 4.79 Å². The van der Waals surface area contributed by atoms with E-state index in [9.17, 15) is 4.79 Å². The van der Waals surface area contributed by atoms with Crippen molar-refractivity contribution in [2.75, 3.05) is 7.11 Å². The van der Waals surface area contributed by atoms with Crippen molar-refractivity contribution in [3.63, 3.8) is 0 Å². The quantitative estimate of drug-likeness (QED) is 0.159. The lowest BCUT2D eigenvalue weighted by Gasteiger charge is -2.15. The van der Waals surface area contributed by atoms with Gasteiger partial charge in [0.05, 0.1) is 24.2 Å². The second-order valence-electron chi connectivity index (χ2n) is 10.1. The lowest BCUT2D eigenvalue weighted by molar-refractivity contribution is 0.285. The SMILES string of the molecule is COc1cc(Cl)cc(C=Nn2c(-c3cc4cc(Br)ccc4o3)nc3ccccc3c2=O)c1OCc1cccc2ccccc12. The van der Waals surface area contributed by atoms with Crippen molar-refractivity contribution in [1.29, 1.82) is 0 Å². The number of fused-ring (bicyclic) bond motifs is 3. The van der Waals surface area contributed by atoms with Crippen molar-refractivity contribution < 1.29 is 13.9 Å². The average molecular weight is 665 g/mol. The Labute approximate surface area is 265 Å². The minimum atomic E-state index is -0.351. The molecule has 0 unspecified atom stereocenters. The van der Waals surface area contributed by atoms with Gasteiger partial charge < -0.3 is 13.9 Å². The lowest BCUT2D eigenvalue weighted by atomic mass is 10.1. The Morgan fingerprint density at radius 2 is 1.73 bits per heavy atom. The van der Waals surface area contributed by atoms with E-state index in [0.717, 1.165) is 26.2 Å². The van der Waals surface area contributed by atoms with Crippen LogP contribution in [0.2, 0.25) is 5.02 Å². The third kappa shape index (κ3) is 5.23. The van der Waals surface area contributed by atoms with E-state index in [1.54, 1.807) is 37.4 Å². The standard InChI is InChI=1S/C35H23BrClN3O4/c1-42-31-18-26(37)16-24(33(31)43-20-22-9-6-8-21-7-2-3-10-27(21)22)19-38-40-34(39-29-12-5-4-11-28(29)35(40)41)32-17-23-15-25(36)13-14-30(23)44-32/h2-19H,20H2,1H3. The summed E-state index contributed by atoms with van der Waals surface area (Å²) >= 11 is 9.98. The normalized spacial score (nSPS) is 11.6. The number of methoxy groups -OCH3 is 1. The number of nitrogens with zero attached hydrogens (tertiary/aromatic N) is 3. The van der Waals surface area contributed by atoms with Crippen LogP contribution in [0.1, 0.15) is 11.1 Å². The minimum absolute atomic E-state index is 0.254. The molecule has 0 fully saturated rings. The lowest BCUT2D eigenvalue weighted by Crippen LogP contribution is -2.20. The van der Waals surface area contributed by atoms with Gasteiger partial charge in [0.15, 0.2) is 17.3 Å². The Morgan fingerprint density at radius 1 is 0.932 bits per heavy atom. The zero-order chi connectivity index (χ0) is 30.2. The molecule has 0 atom stereocenters. The van der Waals surface area contributed by atoms with Crippen molar-refractivity contribution in [3.8, 4) is 23.1 Å². The van der Waals surface area contributed by atoms with Crippen molar-refractivity contribution in [2.24, 2.45) is 5.10 Å². The first-order valence-corrected chi connectivity index (χ1v) is 14.9. The molecule has 7 rings (SSSR count). The fourth-order valence-electron chi connectivity index (χ4n) is 5.19. The Bertz CT molecular complexity index is 2290. The highest BCUT2D eigenvalue weighted by atomic mass is 79.9. The maximum Gasteiger partial charge on any atom is 0.282 e. The molecule has 5 aromatic carbocycles. The van der Waals surface area contributed by atoms with Crippen molar-refractivity contribution in [2.45, 2.75) is 6.61 Å². The molecule has 2 heterocycles. The van der Waals surface area contributed by atoms with Crippen LogP contribution < -0.4 is 15.0 Å². The van der Waals surface area contributed by atoms with E-state index in [1.807, 2.05) is 54.6 Å². The molecular formula is C35H23BrClN3O4. The van der Waals surface area contributed by atoms with Crippen LogP contribution >= 0.6 is 27.5 Å². The molecular weight excluding hydrogens is 642 g/mol. The Kier molecular flexibility index (Phi) is 7.37. The van der Waals surface area contributed by atoms with Gasteiger partial charge in [0, 0.05) is 26.5 Å². The Balaban J connectivity index is 1.34. The van der Waals surface area contributed by atoms with Gasteiger partial charge in [-0.2, -0.15) is 9.78 Å². The van der Waals surface area contributed by atoms with Crippen LogP contribution in [0, 0.1) is 0 Å². The van der Waals surface area contributed by atoms with E-state index < -0.39 is 0 Å². The summed E-state index contributed by atoms with van der Waals surface area (Å²) in [5.41, 5.74) is 2.37. The number of halogens is 2. The summed E-state index contributed by atoms with van der Waals surface area (Å²) in [4.78, 5) is 18.6. The Hall–Kier alpha value is -4.92. The summed E-state index contributed by atoms with van der Waals surface area (Å²) < 4.78 is 20.3. The first-order chi connectivity index (χ1) is 21.5. The van der Waals surface area contributed by atoms with Crippen LogP contribution in [0.15, 0.2) is 122 Å². The van der Waals surface area contributed by atoms with E-state index in [1.165, 1.54) is 10.9 Å². The van der Waals surface area contributed by atoms with Gasteiger partial charge in [-0.05, 0) is 58.8 Å². The maximum absolute atomic E-state index is 13.8. The van der Waals surface area contributed by atoms with Crippen LogP contribution in [0.3, 0.4) is 0 Å². The topological polar surface area (TPSA) is 78.9 Å². The van der Waals surface area contributed by atoms with Crippen LogP contribution in [0.5, 0.6) is 11.5 Å². The summed E-state index contributed by atoms with van der Waals surface area (Å²) in [5.74, 6) is 1.52. The molecule has 0 saturated carbocycles. The number of hydrogen-bond acceptors (Lipinski definition) is 6. The predicted octanol–water partition coefficient (Wildman–Crippen LogP) is 8.85. The van der Waals surface area contributed by atoms with Crippen molar-refractivity contribution >= 4 is 66.4 Å². The molecule has 0 aliphatic carbocycles. The molecule has 0 spiro atoms. The summed E-state index contributed by atoms with van der Waals surface area (Å²) in [7, 11) is 1.55. The molecule has 216 valence electrons. The molecule has 7 aromatic rings. The second kappa shape index (κ2) is 11.6. The number of para-hydroxylation sites is 1. The number of rotatable bonds is 7. The second-order valence-corrected chi connectivity index (χ2v) is 11.4. The number of aromatic nitrogens is 2. The van der Waals surface area contributed by atoms with E-state index in [0.29, 0.717) is 44.3 Å². The van der Waals surface area contributed by atoms with E-state index in [-0.39, 0.29) is 18.0 Å². The number of ether oxygens (including phenoxy) is 2. The maximum atomic E-state index is 13.8. The minimum Gasteiger partial charge on any atom is -0.493 e. The van der Waals surface area contributed by atoms with E-state index in [4.69, 9.17) is 30.5 Å². The number of furan rings is 1. The first-order valence-electron chi connectivity index (χ1n) is 13.7. The van der Waals surface area contributed by atoms with Gasteiger partial charge in [0.25, 0.3) is 5.56 Å². The molecule has 0 aliphatic rings. The molecule has 0 bridgehead atoms. The molecule has 44 heavy (non-hydrogen) atoms. The monoisotopic (exact) mass is 663 g/mol.